The zero-order valence-electron chi connectivity index (χ0n) is 41.9. The zero-order valence-corrected chi connectivity index (χ0v) is 43.5. The first-order valence-corrected chi connectivity index (χ1v) is 27.4. The quantitative estimate of drug-likeness (QED) is 0.0268. The van der Waals surface area contributed by atoms with Crippen molar-refractivity contribution in [3.8, 4) is 16.9 Å². The molecule has 5 heterocycles. The zero-order chi connectivity index (χ0) is 51.7. The van der Waals surface area contributed by atoms with Crippen molar-refractivity contribution >= 4 is 63.5 Å². The number of nitrogens with zero attached hydrogens (tertiary/aromatic N) is 4. The van der Waals surface area contributed by atoms with E-state index in [2.05, 4.69) is 60.3 Å². The summed E-state index contributed by atoms with van der Waals surface area (Å²) >= 11 is 3.13. The van der Waals surface area contributed by atoms with Crippen LogP contribution in [-0.2, 0) is 39.9 Å². The van der Waals surface area contributed by atoms with Crippen LogP contribution in [-0.4, -0.2) is 160 Å². The maximum Gasteiger partial charge on any atom is 0.315 e. The summed E-state index contributed by atoms with van der Waals surface area (Å²) in [4.78, 5) is 74.7. The second-order valence-corrected chi connectivity index (χ2v) is 20.8. The van der Waals surface area contributed by atoms with Crippen molar-refractivity contribution in [2.45, 2.75) is 74.9 Å². The molecule has 0 spiro atoms. The minimum atomic E-state index is -1.23. The first kappa shape index (κ1) is 54.6. The smallest absolute Gasteiger partial charge is 0.315 e. The van der Waals surface area contributed by atoms with Gasteiger partial charge in [-0.05, 0) is 78.9 Å². The molecule has 0 saturated carbocycles. The Bertz CT molecular complexity index is 2500. The molecule has 4 N–H and O–H groups in total. The van der Waals surface area contributed by atoms with Gasteiger partial charge in [0.05, 0.1) is 51.7 Å². The molecule has 3 fully saturated rings. The van der Waals surface area contributed by atoms with Gasteiger partial charge in [-0.1, -0.05) is 30.7 Å². The topological polar surface area (TPSA) is 202 Å². The van der Waals surface area contributed by atoms with Gasteiger partial charge in [0, 0.05) is 105 Å². The molecule has 8 rings (SSSR count). The number of halogens is 1. The lowest BCUT2D eigenvalue weighted by Crippen LogP contribution is -2.46. The minimum Gasteiger partial charge on any atom is -0.467 e. The third kappa shape index (κ3) is 15.2. The van der Waals surface area contributed by atoms with Gasteiger partial charge in [0.1, 0.15) is 23.4 Å². The number of unbranched alkanes of at least 4 members (excludes halogenated alkanes) is 1. The summed E-state index contributed by atoms with van der Waals surface area (Å²) in [6.45, 7) is 7.29. The van der Waals surface area contributed by atoms with E-state index in [1.165, 1.54) is 41.5 Å². The molecule has 4 aliphatic rings. The Labute approximate surface area is 439 Å². The molecule has 1 aromatic heterocycles. The Morgan fingerprint density at radius 1 is 0.851 bits per heavy atom. The number of rotatable bonds is 30. The summed E-state index contributed by atoms with van der Waals surface area (Å²) < 4.78 is 42.3. The molecule has 5 amide bonds. The van der Waals surface area contributed by atoms with Crippen molar-refractivity contribution in [2.75, 3.05) is 109 Å². The van der Waals surface area contributed by atoms with Crippen molar-refractivity contribution in [1.29, 1.82) is 0 Å². The van der Waals surface area contributed by atoms with Crippen LogP contribution < -0.4 is 30.9 Å². The Balaban J connectivity index is 0.666. The van der Waals surface area contributed by atoms with Crippen molar-refractivity contribution in [3.63, 3.8) is 0 Å². The molecule has 4 aliphatic heterocycles. The van der Waals surface area contributed by atoms with E-state index in [0.29, 0.717) is 81.4 Å². The number of thiazole rings is 1. The number of thioether (sulfide) groups is 1. The van der Waals surface area contributed by atoms with Crippen LogP contribution in [0.3, 0.4) is 0 Å². The molecule has 398 valence electrons. The van der Waals surface area contributed by atoms with E-state index in [9.17, 15) is 28.4 Å². The highest BCUT2D eigenvalue weighted by atomic mass is 32.2. The predicted molar refractivity (Wildman–Crippen MR) is 281 cm³/mol. The summed E-state index contributed by atoms with van der Waals surface area (Å²) in [5.74, 6) is -0.108. The SMILES string of the molecule is COCOc1ccc(F)cc1C(C(=O)Nc1nccs1)N1Cc2ccc(-c3ccc(N4CCN(CCCC(=O)CCOCCOCCOCCNC(=O)CCCC[C@@H]5SC[C@@H]6NC(=O)N[C@@H]65)CC4)cc3)cc2C1=O. The van der Waals surface area contributed by atoms with Crippen molar-refractivity contribution < 1.29 is 52.0 Å². The highest BCUT2D eigenvalue weighted by Crippen LogP contribution is 2.39. The van der Waals surface area contributed by atoms with E-state index < -0.39 is 17.8 Å². The molecular formula is C53H67FN8O10S2. The highest BCUT2D eigenvalue weighted by molar-refractivity contribution is 8.00. The largest absolute Gasteiger partial charge is 0.467 e. The monoisotopic (exact) mass is 1060 g/mol. The Kier molecular flexibility index (Phi) is 20.5. The summed E-state index contributed by atoms with van der Waals surface area (Å²) in [6.07, 6.45) is 6.52. The second-order valence-electron chi connectivity index (χ2n) is 18.6. The molecule has 21 heteroatoms. The molecule has 0 aliphatic carbocycles. The number of carbonyl (C=O) groups excluding carboxylic acids is 5. The van der Waals surface area contributed by atoms with Crippen LogP contribution in [0.25, 0.3) is 11.1 Å². The van der Waals surface area contributed by atoms with E-state index in [1.807, 2.05) is 30.0 Å². The van der Waals surface area contributed by atoms with Crippen LogP contribution in [0.1, 0.15) is 72.5 Å². The molecule has 1 unspecified atom stereocenters. The van der Waals surface area contributed by atoms with Crippen LogP contribution in [0.4, 0.5) is 20.0 Å². The molecule has 3 saturated heterocycles. The Hall–Kier alpha value is -5.68. The van der Waals surface area contributed by atoms with E-state index in [1.54, 1.807) is 11.6 Å². The third-order valence-corrected chi connectivity index (χ3v) is 15.7. The molecule has 3 aromatic carbocycles. The van der Waals surface area contributed by atoms with Gasteiger partial charge in [-0.25, -0.2) is 14.2 Å². The van der Waals surface area contributed by atoms with Crippen molar-refractivity contribution in [2.24, 2.45) is 0 Å². The fraction of sp³-hybridized carbons (Fsp3) is 0.509. The first-order valence-electron chi connectivity index (χ1n) is 25.5. The van der Waals surface area contributed by atoms with Gasteiger partial charge in [-0.3, -0.25) is 29.4 Å². The van der Waals surface area contributed by atoms with Crippen LogP contribution in [0.2, 0.25) is 0 Å². The average molecular weight is 1060 g/mol. The lowest BCUT2D eigenvalue weighted by molar-refractivity contribution is -0.122. The maximum atomic E-state index is 14.8. The second kappa shape index (κ2) is 27.7. The van der Waals surface area contributed by atoms with E-state index in [4.69, 9.17) is 23.7 Å². The number of ether oxygens (including phenoxy) is 5. The number of benzene rings is 3. The summed E-state index contributed by atoms with van der Waals surface area (Å²) in [5.41, 5.74) is 4.31. The molecule has 74 heavy (non-hydrogen) atoms. The normalized spacial score (nSPS) is 18.7. The van der Waals surface area contributed by atoms with Crippen molar-refractivity contribution in [1.82, 2.24) is 30.7 Å². The number of nitrogens with one attached hydrogen (secondary N) is 4. The molecule has 18 nitrogen and oxygen atoms in total. The maximum absolute atomic E-state index is 14.8. The van der Waals surface area contributed by atoms with Crippen LogP contribution in [0.5, 0.6) is 5.75 Å². The van der Waals surface area contributed by atoms with E-state index in [0.717, 1.165) is 86.5 Å². The number of urea groups is 1. The number of carbonyl (C=O) groups is 5. The Morgan fingerprint density at radius 3 is 2.39 bits per heavy atom. The average Bonchev–Trinajstić information content (AvgIpc) is 4.21. The number of aromatic nitrogens is 1. The number of ketones is 1. The number of hydrogen-bond acceptors (Lipinski definition) is 15. The molecule has 0 radical (unpaired) electrons. The fourth-order valence-corrected chi connectivity index (χ4v) is 11.8. The number of Topliss-reactive ketones (excluding diaryl/α,β-unsaturated/α-hetero) is 1. The number of hydrogen-bond donors (Lipinski definition) is 4. The number of methoxy groups -OCH3 is 1. The predicted octanol–water partition coefficient (Wildman–Crippen LogP) is 6.02. The van der Waals surface area contributed by atoms with Gasteiger partial charge in [-0.15, -0.1) is 11.3 Å². The molecule has 4 aromatic rings. The number of piperazine rings is 1. The van der Waals surface area contributed by atoms with Crippen LogP contribution >= 0.6 is 23.1 Å². The molecule has 0 bridgehead atoms. The van der Waals surface area contributed by atoms with Gasteiger partial charge in [-0.2, -0.15) is 11.8 Å². The van der Waals surface area contributed by atoms with Crippen LogP contribution in [0, 0.1) is 5.82 Å². The minimum absolute atomic E-state index is 0.0240. The van der Waals surface area contributed by atoms with Gasteiger partial charge in [0.15, 0.2) is 11.9 Å². The summed E-state index contributed by atoms with van der Waals surface area (Å²) in [6, 6.07) is 17.0. The van der Waals surface area contributed by atoms with Gasteiger partial charge < -0.3 is 49.4 Å². The Morgan fingerprint density at radius 2 is 1.62 bits per heavy atom. The lowest BCUT2D eigenvalue weighted by atomic mass is 10.00. The number of anilines is 2. The lowest BCUT2D eigenvalue weighted by Gasteiger charge is -2.36. The molecule has 4 atom stereocenters. The van der Waals surface area contributed by atoms with Crippen LogP contribution in [0.15, 0.2) is 72.2 Å². The highest BCUT2D eigenvalue weighted by Gasteiger charge is 2.43. The first-order chi connectivity index (χ1) is 36.1. The standard InChI is InChI=1S/C53H67FN8O10S2/c1-68-35-72-45-15-12-39(54)32-43(45)49(50(65)59-53-56-18-30-73-53)62-33-38-9-8-37(31-42(38)51(62)66)36-10-13-40(14-11-36)61-22-20-60(21-23-61)19-4-5-41(63)16-24-69-26-28-71-29-27-70-25-17-55-47(64)7-3-2-6-46-48-44(34-74-46)57-52(67)58-48/h8-15,18,30-32,44,46,48-49H,2-7,16-17,19-29,33-35H2,1H3,(H,55,64)(H,56,59,65)(H2,57,58,67)/t44-,46-,48-,49?/m0/s1. The molecular weight excluding hydrogens is 992 g/mol. The van der Waals surface area contributed by atoms with Gasteiger partial charge in [0.2, 0.25) is 5.91 Å². The van der Waals surface area contributed by atoms with Gasteiger partial charge >= 0.3 is 6.03 Å². The van der Waals surface area contributed by atoms with E-state index in [-0.39, 0.29) is 60.4 Å². The van der Waals surface area contributed by atoms with E-state index >= 15 is 0 Å². The number of amides is 5. The third-order valence-electron chi connectivity index (χ3n) is 13.5. The summed E-state index contributed by atoms with van der Waals surface area (Å²) in [5, 5.41) is 14.1. The fourth-order valence-electron chi connectivity index (χ4n) is 9.68. The van der Waals surface area contributed by atoms with Gasteiger partial charge in [0.25, 0.3) is 11.8 Å². The van der Waals surface area contributed by atoms with Crippen molar-refractivity contribution in [3.05, 3.63) is 94.7 Å². The summed E-state index contributed by atoms with van der Waals surface area (Å²) in [7, 11) is 1.46. The number of fused-ring (bicyclic) bond motifs is 2.